The Kier molecular flexibility index (Phi) is 2.96. The molecule has 0 aliphatic rings. The Morgan fingerprint density at radius 3 is 2.06 bits per heavy atom. The van der Waals surface area contributed by atoms with Gasteiger partial charge >= 0.3 is 0 Å². The monoisotopic (exact) mass is 278 g/mol. The summed E-state index contributed by atoms with van der Waals surface area (Å²) in [6.45, 7) is 7.66. The summed E-state index contributed by atoms with van der Waals surface area (Å²) in [4.78, 5) is 2.80. The topological polar surface area (TPSA) is 17.0 Å². The summed E-state index contributed by atoms with van der Waals surface area (Å²) >= 11 is 3.84. The first kappa shape index (κ1) is 12.2. The van der Waals surface area contributed by atoms with Gasteiger partial charge in [-0.1, -0.05) is 0 Å². The van der Waals surface area contributed by atoms with Crippen LogP contribution in [-0.2, 0) is 6.54 Å². The van der Waals surface area contributed by atoms with E-state index in [1.807, 2.05) is 29.7 Å². The number of aromatic nitrogens is 1. The van der Waals surface area contributed by atoms with E-state index in [0.717, 1.165) is 6.54 Å². The van der Waals surface area contributed by atoms with Crippen molar-refractivity contribution in [3.8, 4) is 0 Å². The van der Waals surface area contributed by atoms with Crippen molar-refractivity contribution in [2.45, 2.75) is 33.4 Å². The maximum Gasteiger partial charge on any atom is 0.0703 e. The van der Waals surface area contributed by atoms with E-state index in [1.54, 1.807) is 0 Å². The zero-order chi connectivity index (χ0) is 12.9. The first-order valence-corrected chi connectivity index (χ1v) is 7.89. The van der Waals surface area contributed by atoms with Crippen LogP contribution in [0.25, 0.3) is 20.4 Å². The molecular weight excluding hydrogens is 260 g/mol. The van der Waals surface area contributed by atoms with E-state index in [1.165, 1.54) is 30.2 Å². The number of aryl methyl sites for hydroxylation is 2. The van der Waals surface area contributed by atoms with Crippen LogP contribution >= 0.6 is 22.7 Å². The van der Waals surface area contributed by atoms with E-state index < -0.39 is 0 Å². The molecule has 0 bridgehead atoms. The molecule has 96 valence electrons. The van der Waals surface area contributed by atoms with Gasteiger partial charge in [0, 0.05) is 22.3 Å². The molecule has 3 rings (SSSR count). The molecule has 3 heterocycles. The summed E-state index contributed by atoms with van der Waals surface area (Å²) in [6, 6.07) is 5.14. The fourth-order valence-corrected chi connectivity index (χ4v) is 4.60. The molecule has 1 unspecified atom stereocenters. The summed E-state index contributed by atoms with van der Waals surface area (Å²) in [6.07, 6.45) is 0. The molecule has 0 saturated carbocycles. The summed E-state index contributed by atoms with van der Waals surface area (Å²) in [5.74, 6) is 0. The summed E-state index contributed by atoms with van der Waals surface area (Å²) in [5.41, 5.74) is 2.81. The molecule has 0 aliphatic heterocycles. The number of likely N-dealkylation sites (N-methyl/N-ethyl adjacent to an activating group) is 1. The van der Waals surface area contributed by atoms with Gasteiger partial charge in [0.2, 0.25) is 0 Å². The Bertz CT molecular complexity index is 648. The summed E-state index contributed by atoms with van der Waals surface area (Å²) < 4.78 is 5.39. The van der Waals surface area contributed by atoms with Gasteiger partial charge in [0.25, 0.3) is 0 Å². The van der Waals surface area contributed by atoms with Gasteiger partial charge in [0.15, 0.2) is 0 Å². The van der Waals surface area contributed by atoms with Crippen molar-refractivity contribution in [3.05, 3.63) is 21.9 Å². The highest BCUT2D eigenvalue weighted by Crippen LogP contribution is 2.39. The third kappa shape index (κ3) is 1.79. The SMILES string of the molecule is CNC(C)Cn1c2cc(C)sc2c2sc(C)cc21. The van der Waals surface area contributed by atoms with Crippen molar-refractivity contribution in [2.24, 2.45) is 0 Å². The number of nitrogens with one attached hydrogen (secondary N) is 1. The Hall–Kier alpha value is -0.840. The minimum atomic E-state index is 0.490. The second kappa shape index (κ2) is 4.37. The van der Waals surface area contributed by atoms with Crippen LogP contribution in [0.5, 0.6) is 0 Å². The van der Waals surface area contributed by atoms with Crippen molar-refractivity contribution in [1.29, 1.82) is 0 Å². The Labute approximate surface area is 115 Å². The van der Waals surface area contributed by atoms with Crippen LogP contribution in [0.4, 0.5) is 0 Å². The molecule has 0 radical (unpaired) electrons. The lowest BCUT2D eigenvalue weighted by atomic mass is 10.3. The van der Waals surface area contributed by atoms with Crippen molar-refractivity contribution >= 4 is 43.1 Å². The predicted octanol–water partition coefficient (Wildman–Crippen LogP) is 4.14. The van der Waals surface area contributed by atoms with Gasteiger partial charge in [0.1, 0.15) is 0 Å². The molecule has 3 aromatic heterocycles. The quantitative estimate of drug-likeness (QED) is 0.762. The number of hydrogen-bond acceptors (Lipinski definition) is 3. The van der Waals surface area contributed by atoms with E-state index in [4.69, 9.17) is 0 Å². The largest absolute Gasteiger partial charge is 0.337 e. The molecule has 18 heavy (non-hydrogen) atoms. The third-order valence-corrected chi connectivity index (χ3v) is 5.65. The molecule has 0 amide bonds. The number of rotatable bonds is 3. The molecule has 0 saturated heterocycles. The average molecular weight is 278 g/mol. The predicted molar refractivity (Wildman–Crippen MR) is 83.2 cm³/mol. The lowest BCUT2D eigenvalue weighted by molar-refractivity contribution is 0.533. The fraction of sp³-hybridized carbons (Fsp3) is 0.429. The van der Waals surface area contributed by atoms with E-state index >= 15 is 0 Å². The first-order chi connectivity index (χ1) is 8.60. The van der Waals surface area contributed by atoms with Gasteiger partial charge in [0.05, 0.1) is 20.4 Å². The zero-order valence-electron chi connectivity index (χ0n) is 11.2. The molecule has 4 heteroatoms. The minimum absolute atomic E-state index is 0.490. The van der Waals surface area contributed by atoms with Crippen LogP contribution in [0.1, 0.15) is 16.7 Å². The van der Waals surface area contributed by atoms with Gasteiger partial charge in [-0.05, 0) is 40.0 Å². The van der Waals surface area contributed by atoms with Gasteiger partial charge in [-0.25, -0.2) is 0 Å². The van der Waals surface area contributed by atoms with Gasteiger partial charge < -0.3 is 9.88 Å². The van der Waals surface area contributed by atoms with E-state index in [9.17, 15) is 0 Å². The molecule has 1 N–H and O–H groups in total. The average Bonchev–Trinajstić information content (AvgIpc) is 2.93. The number of thiophene rings is 2. The van der Waals surface area contributed by atoms with Gasteiger partial charge in [-0.2, -0.15) is 0 Å². The highest BCUT2D eigenvalue weighted by Gasteiger charge is 2.16. The van der Waals surface area contributed by atoms with Crippen LogP contribution in [-0.4, -0.2) is 17.7 Å². The lowest BCUT2D eigenvalue weighted by Crippen LogP contribution is -2.26. The maximum absolute atomic E-state index is 3.33. The van der Waals surface area contributed by atoms with Crippen LogP contribution in [0.2, 0.25) is 0 Å². The fourth-order valence-electron chi connectivity index (χ4n) is 2.42. The Morgan fingerprint density at radius 2 is 1.61 bits per heavy atom. The van der Waals surface area contributed by atoms with Crippen molar-refractivity contribution in [2.75, 3.05) is 7.05 Å². The third-order valence-electron chi connectivity index (χ3n) is 3.41. The van der Waals surface area contributed by atoms with Crippen molar-refractivity contribution in [1.82, 2.24) is 9.88 Å². The highest BCUT2D eigenvalue weighted by molar-refractivity contribution is 7.27. The smallest absolute Gasteiger partial charge is 0.0703 e. The molecule has 0 fully saturated rings. The molecule has 0 aliphatic carbocycles. The van der Waals surface area contributed by atoms with Crippen molar-refractivity contribution in [3.63, 3.8) is 0 Å². The normalized spacial score (nSPS) is 13.8. The Balaban J connectivity index is 2.27. The molecule has 1 atom stereocenters. The summed E-state index contributed by atoms with van der Waals surface area (Å²) in [5, 5.41) is 3.33. The number of hydrogen-bond donors (Lipinski definition) is 1. The van der Waals surface area contributed by atoms with E-state index in [0.29, 0.717) is 6.04 Å². The number of nitrogens with zero attached hydrogens (tertiary/aromatic N) is 1. The first-order valence-electron chi connectivity index (χ1n) is 6.26. The standard InChI is InChI=1S/C14H18N2S2/c1-8(15-4)7-16-11-5-9(2)17-13(11)14-12(16)6-10(3)18-14/h5-6,8,15H,7H2,1-4H3. The molecule has 0 spiro atoms. The molecular formula is C14H18N2S2. The highest BCUT2D eigenvalue weighted by atomic mass is 32.1. The molecule has 3 aromatic rings. The lowest BCUT2D eigenvalue weighted by Gasteiger charge is -2.12. The van der Waals surface area contributed by atoms with Crippen LogP contribution in [0, 0.1) is 13.8 Å². The Morgan fingerprint density at radius 1 is 1.11 bits per heavy atom. The second-order valence-corrected chi connectivity index (χ2v) is 7.46. The van der Waals surface area contributed by atoms with Crippen LogP contribution < -0.4 is 5.32 Å². The van der Waals surface area contributed by atoms with Gasteiger partial charge in [-0.15, -0.1) is 22.7 Å². The maximum atomic E-state index is 3.33. The van der Waals surface area contributed by atoms with E-state index in [-0.39, 0.29) is 0 Å². The number of fused-ring (bicyclic) bond motifs is 3. The van der Waals surface area contributed by atoms with Crippen LogP contribution in [0.3, 0.4) is 0 Å². The van der Waals surface area contributed by atoms with Crippen molar-refractivity contribution < 1.29 is 0 Å². The minimum Gasteiger partial charge on any atom is -0.337 e. The van der Waals surface area contributed by atoms with Crippen LogP contribution in [0.15, 0.2) is 12.1 Å². The molecule has 2 nitrogen and oxygen atoms in total. The summed E-state index contributed by atoms with van der Waals surface area (Å²) in [7, 11) is 2.03. The van der Waals surface area contributed by atoms with E-state index in [2.05, 4.69) is 42.8 Å². The van der Waals surface area contributed by atoms with Gasteiger partial charge in [-0.3, -0.25) is 0 Å². The molecule has 0 aromatic carbocycles. The zero-order valence-corrected chi connectivity index (χ0v) is 12.8. The second-order valence-electron chi connectivity index (χ2n) is 4.94.